The van der Waals surface area contributed by atoms with Gasteiger partial charge in [-0.3, -0.25) is 4.98 Å². The molecule has 7 heteroatoms. The van der Waals surface area contributed by atoms with Gasteiger partial charge in [0.1, 0.15) is 12.2 Å². The zero-order valence-corrected chi connectivity index (χ0v) is 19.8. The van der Waals surface area contributed by atoms with E-state index in [4.69, 9.17) is 9.47 Å². The highest BCUT2D eigenvalue weighted by Crippen LogP contribution is 2.28. The minimum atomic E-state index is -0.740. The van der Waals surface area contributed by atoms with Crippen molar-refractivity contribution in [2.24, 2.45) is 5.92 Å². The van der Waals surface area contributed by atoms with E-state index in [-0.39, 0.29) is 18.3 Å². The smallest absolute Gasteiger partial charge is 0.408 e. The lowest BCUT2D eigenvalue weighted by molar-refractivity contribution is 0.0406. The molecule has 0 aliphatic rings. The average molecular weight is 432 g/mol. The van der Waals surface area contributed by atoms with Gasteiger partial charge in [0, 0.05) is 17.5 Å². The second-order valence-corrected chi connectivity index (χ2v) is 9.70. The van der Waals surface area contributed by atoms with Crippen LogP contribution in [0.4, 0.5) is 9.18 Å². The summed E-state index contributed by atoms with van der Waals surface area (Å²) in [6.45, 7) is 15.1. The van der Waals surface area contributed by atoms with Crippen molar-refractivity contribution in [2.75, 3.05) is 6.61 Å². The molecule has 0 saturated heterocycles. The molecule has 2 rings (SSSR count). The van der Waals surface area contributed by atoms with E-state index in [1.165, 1.54) is 0 Å². The van der Waals surface area contributed by atoms with Crippen molar-refractivity contribution in [1.82, 2.24) is 15.3 Å². The Kier molecular flexibility index (Phi) is 7.63. The molecule has 0 fully saturated rings. The predicted molar refractivity (Wildman–Crippen MR) is 120 cm³/mol. The lowest BCUT2D eigenvalue weighted by Crippen LogP contribution is -2.52. The van der Waals surface area contributed by atoms with Crippen LogP contribution in [-0.2, 0) is 4.74 Å². The summed E-state index contributed by atoms with van der Waals surface area (Å²) in [6.07, 6.45) is 1.77. The molecule has 31 heavy (non-hydrogen) atoms. The molecule has 0 aromatic carbocycles. The van der Waals surface area contributed by atoms with E-state index < -0.39 is 23.2 Å². The first kappa shape index (κ1) is 24.6. The fraction of sp³-hybridized carbons (Fsp3) is 0.542. The molecule has 0 unspecified atom stereocenters. The number of carbonyl (C=O) groups is 1. The van der Waals surface area contributed by atoms with Gasteiger partial charge in [0.15, 0.2) is 5.75 Å². The number of hydrogen-bond donors (Lipinski definition) is 1. The van der Waals surface area contributed by atoms with Gasteiger partial charge >= 0.3 is 6.09 Å². The van der Waals surface area contributed by atoms with Crippen LogP contribution in [0.25, 0.3) is 11.3 Å². The number of carbonyl (C=O) groups excluding carboxylic acids is 1. The Bertz CT molecular complexity index is 902. The van der Waals surface area contributed by atoms with Gasteiger partial charge < -0.3 is 14.8 Å². The second kappa shape index (κ2) is 9.62. The van der Waals surface area contributed by atoms with Crippen molar-refractivity contribution in [3.8, 4) is 17.0 Å². The third-order valence-corrected chi connectivity index (χ3v) is 4.51. The Labute approximate surface area is 184 Å². The van der Waals surface area contributed by atoms with E-state index >= 15 is 0 Å². The standard InChI is InChI=1S/C24H34FN3O3/c1-15(2)13-24(8,28-22(29)31-23(5,6)7)14-30-20-16(3)11-19(27-21(20)25)18-9-10-26-17(4)12-18/h9-12,15H,13-14H2,1-8H3,(H,28,29)/t24-/m0/s1. The van der Waals surface area contributed by atoms with E-state index in [9.17, 15) is 9.18 Å². The van der Waals surface area contributed by atoms with Gasteiger partial charge in [0.2, 0.25) is 0 Å². The lowest BCUT2D eigenvalue weighted by Gasteiger charge is -2.33. The molecule has 1 atom stereocenters. The number of aryl methyl sites for hydroxylation is 2. The minimum absolute atomic E-state index is 0.0792. The number of aromatic nitrogens is 2. The molecule has 0 aliphatic carbocycles. The Morgan fingerprint density at radius 2 is 1.87 bits per heavy atom. The quantitative estimate of drug-likeness (QED) is 0.577. The van der Waals surface area contributed by atoms with Gasteiger partial charge in [-0.1, -0.05) is 13.8 Å². The van der Waals surface area contributed by atoms with Crippen molar-refractivity contribution in [3.05, 3.63) is 41.6 Å². The van der Waals surface area contributed by atoms with Crippen molar-refractivity contribution in [2.45, 2.75) is 73.0 Å². The number of nitrogens with zero attached hydrogens (tertiary/aromatic N) is 2. The molecule has 2 aromatic rings. The molecule has 2 heterocycles. The zero-order chi connectivity index (χ0) is 23.4. The fourth-order valence-electron chi connectivity index (χ4n) is 3.48. The van der Waals surface area contributed by atoms with Crippen LogP contribution in [0.5, 0.6) is 5.75 Å². The van der Waals surface area contributed by atoms with Crippen LogP contribution in [0.1, 0.15) is 59.2 Å². The van der Waals surface area contributed by atoms with Crippen molar-refractivity contribution < 1.29 is 18.7 Å². The highest BCUT2D eigenvalue weighted by molar-refractivity contribution is 5.68. The topological polar surface area (TPSA) is 73.3 Å². The highest BCUT2D eigenvalue weighted by atomic mass is 19.1. The third kappa shape index (κ3) is 7.49. The van der Waals surface area contributed by atoms with Crippen LogP contribution in [0.2, 0.25) is 0 Å². The molecule has 1 N–H and O–H groups in total. The van der Waals surface area contributed by atoms with Gasteiger partial charge in [-0.25, -0.2) is 9.78 Å². The summed E-state index contributed by atoms with van der Waals surface area (Å²) < 4.78 is 26.1. The Hall–Kier alpha value is -2.70. The largest absolute Gasteiger partial charge is 0.486 e. The maximum atomic E-state index is 14.9. The number of pyridine rings is 2. The first-order valence-electron chi connectivity index (χ1n) is 10.5. The van der Waals surface area contributed by atoms with Gasteiger partial charge in [-0.15, -0.1) is 0 Å². The van der Waals surface area contributed by atoms with E-state index in [2.05, 4.69) is 15.3 Å². The van der Waals surface area contributed by atoms with Crippen LogP contribution in [0.3, 0.4) is 0 Å². The molecule has 1 amide bonds. The van der Waals surface area contributed by atoms with Crippen LogP contribution in [-0.4, -0.2) is 33.8 Å². The number of halogens is 1. The summed E-state index contributed by atoms with van der Waals surface area (Å²) >= 11 is 0. The van der Waals surface area contributed by atoms with Gasteiger partial charge in [-0.05, 0) is 77.6 Å². The Morgan fingerprint density at radius 3 is 2.42 bits per heavy atom. The summed E-state index contributed by atoms with van der Waals surface area (Å²) in [7, 11) is 0. The summed E-state index contributed by atoms with van der Waals surface area (Å²) in [4.78, 5) is 20.6. The van der Waals surface area contributed by atoms with Crippen LogP contribution < -0.4 is 10.1 Å². The highest BCUT2D eigenvalue weighted by Gasteiger charge is 2.31. The first-order chi connectivity index (χ1) is 14.3. The molecular formula is C24H34FN3O3. The molecular weight excluding hydrogens is 397 g/mol. The van der Waals surface area contributed by atoms with Gasteiger partial charge in [0.05, 0.1) is 11.2 Å². The SMILES string of the molecule is Cc1cc(-c2cc(C)c(OC[C@](C)(CC(C)C)NC(=O)OC(C)(C)C)c(F)n2)ccn1. The summed E-state index contributed by atoms with van der Waals surface area (Å²) in [5, 5.41) is 2.90. The fourth-order valence-corrected chi connectivity index (χ4v) is 3.48. The predicted octanol–water partition coefficient (Wildman–Crippen LogP) is 5.61. The van der Waals surface area contributed by atoms with Gasteiger partial charge in [0.25, 0.3) is 5.95 Å². The number of amides is 1. The molecule has 0 aliphatic heterocycles. The van der Waals surface area contributed by atoms with E-state index in [1.54, 1.807) is 46.0 Å². The molecule has 170 valence electrons. The maximum absolute atomic E-state index is 14.9. The normalized spacial score (nSPS) is 13.6. The minimum Gasteiger partial charge on any atom is -0.486 e. The maximum Gasteiger partial charge on any atom is 0.408 e. The van der Waals surface area contributed by atoms with Gasteiger partial charge in [-0.2, -0.15) is 4.39 Å². The molecule has 2 aromatic heterocycles. The van der Waals surface area contributed by atoms with Crippen molar-refractivity contribution >= 4 is 6.09 Å². The number of rotatable bonds is 7. The molecule has 6 nitrogen and oxygen atoms in total. The Morgan fingerprint density at radius 1 is 1.19 bits per heavy atom. The van der Waals surface area contributed by atoms with Crippen LogP contribution in [0.15, 0.2) is 24.4 Å². The van der Waals surface area contributed by atoms with Crippen LogP contribution in [0, 0.1) is 25.7 Å². The number of hydrogen-bond acceptors (Lipinski definition) is 5. The molecule has 0 saturated carbocycles. The monoisotopic (exact) mass is 431 g/mol. The zero-order valence-electron chi connectivity index (χ0n) is 19.8. The van der Waals surface area contributed by atoms with E-state index in [1.807, 2.05) is 33.8 Å². The van der Waals surface area contributed by atoms with Crippen molar-refractivity contribution in [3.63, 3.8) is 0 Å². The summed E-state index contributed by atoms with van der Waals surface area (Å²) in [6, 6.07) is 5.43. The Balaban J connectivity index is 2.21. The first-order valence-corrected chi connectivity index (χ1v) is 10.5. The summed E-state index contributed by atoms with van der Waals surface area (Å²) in [5.74, 6) is -0.325. The van der Waals surface area contributed by atoms with E-state index in [0.717, 1.165) is 11.3 Å². The van der Waals surface area contributed by atoms with E-state index in [0.29, 0.717) is 17.7 Å². The molecule has 0 spiro atoms. The molecule has 0 bridgehead atoms. The van der Waals surface area contributed by atoms with Crippen molar-refractivity contribution in [1.29, 1.82) is 0 Å². The molecule has 0 radical (unpaired) electrons. The lowest BCUT2D eigenvalue weighted by atomic mass is 9.91. The number of nitrogens with one attached hydrogen (secondary N) is 1. The average Bonchev–Trinajstić information content (AvgIpc) is 2.58. The number of alkyl carbamates (subject to hydrolysis) is 1. The second-order valence-electron chi connectivity index (χ2n) is 9.70. The summed E-state index contributed by atoms with van der Waals surface area (Å²) in [5.41, 5.74) is 1.41. The third-order valence-electron chi connectivity index (χ3n) is 4.51. The van der Waals surface area contributed by atoms with Crippen LogP contribution >= 0.6 is 0 Å². The number of ether oxygens (including phenoxy) is 2.